The predicted molar refractivity (Wildman–Crippen MR) is 94.2 cm³/mol. The van der Waals surface area contributed by atoms with Gasteiger partial charge >= 0.3 is 0 Å². The summed E-state index contributed by atoms with van der Waals surface area (Å²) in [5.74, 6) is 0. The van der Waals surface area contributed by atoms with Crippen molar-refractivity contribution in [2.45, 2.75) is 51.2 Å². The molecule has 0 amide bonds. The van der Waals surface area contributed by atoms with Crippen molar-refractivity contribution in [3.63, 3.8) is 0 Å². The lowest BCUT2D eigenvalue weighted by Crippen LogP contribution is -2.33. The molecule has 0 radical (unpaired) electrons. The molecule has 0 saturated carbocycles. The van der Waals surface area contributed by atoms with Gasteiger partial charge < -0.3 is 21.3 Å². The van der Waals surface area contributed by atoms with E-state index in [2.05, 4.69) is 34.5 Å². The van der Waals surface area contributed by atoms with Gasteiger partial charge in [-0.15, -0.1) is 11.3 Å². The topological polar surface area (TPSA) is 66.2 Å². The second-order valence-electron chi connectivity index (χ2n) is 6.22. The van der Waals surface area contributed by atoms with Crippen LogP contribution in [0, 0.1) is 0 Å². The molecule has 1 aliphatic heterocycles. The lowest BCUT2D eigenvalue weighted by Gasteiger charge is -2.17. The standard InChI is InChI=1S/C16H31N5S/c1-3-4-7-21(2)8-5-6-18-13-9-14(19-11-13)15-12-20-16(10-17)22-15/h12-14,18-19H,3-11,17H2,1-2H3/t13?,14-/m0/s1. The molecule has 0 aliphatic carbocycles. The normalized spacial score (nSPS) is 21.8. The lowest BCUT2D eigenvalue weighted by atomic mass is 10.1. The van der Waals surface area contributed by atoms with Gasteiger partial charge in [0.15, 0.2) is 0 Å². The zero-order chi connectivity index (χ0) is 15.8. The summed E-state index contributed by atoms with van der Waals surface area (Å²) in [5.41, 5.74) is 5.64. The van der Waals surface area contributed by atoms with Crippen molar-refractivity contribution in [3.8, 4) is 0 Å². The van der Waals surface area contributed by atoms with Crippen LogP contribution in [-0.4, -0.2) is 49.2 Å². The summed E-state index contributed by atoms with van der Waals surface area (Å²) in [6.07, 6.45) is 6.94. The molecular weight excluding hydrogens is 294 g/mol. The van der Waals surface area contributed by atoms with E-state index in [4.69, 9.17) is 5.73 Å². The number of hydrogen-bond donors (Lipinski definition) is 3. The maximum absolute atomic E-state index is 5.64. The summed E-state index contributed by atoms with van der Waals surface area (Å²) in [6, 6.07) is 1.02. The Labute approximate surface area is 138 Å². The van der Waals surface area contributed by atoms with Crippen LogP contribution in [0.1, 0.15) is 48.5 Å². The number of nitrogens with two attached hydrogens (primary N) is 1. The van der Waals surface area contributed by atoms with Crippen molar-refractivity contribution in [2.24, 2.45) is 5.73 Å². The van der Waals surface area contributed by atoms with E-state index in [9.17, 15) is 0 Å². The molecular formula is C16H31N5S. The van der Waals surface area contributed by atoms with Crippen LogP contribution < -0.4 is 16.4 Å². The summed E-state index contributed by atoms with van der Waals surface area (Å²) in [5, 5.41) is 8.31. The van der Waals surface area contributed by atoms with Crippen LogP contribution in [0.5, 0.6) is 0 Å². The molecule has 22 heavy (non-hydrogen) atoms. The van der Waals surface area contributed by atoms with Crippen LogP contribution in [0.25, 0.3) is 0 Å². The molecule has 0 spiro atoms. The molecule has 1 unspecified atom stereocenters. The highest BCUT2D eigenvalue weighted by molar-refractivity contribution is 7.11. The van der Waals surface area contributed by atoms with Gasteiger partial charge in [-0.25, -0.2) is 4.98 Å². The first-order chi connectivity index (χ1) is 10.7. The molecule has 4 N–H and O–H groups in total. The molecule has 1 aromatic rings. The molecule has 0 aromatic carbocycles. The quantitative estimate of drug-likeness (QED) is 0.572. The Bertz CT molecular complexity index is 422. The Hall–Kier alpha value is -0.530. The summed E-state index contributed by atoms with van der Waals surface area (Å²) in [4.78, 5) is 8.11. The SMILES string of the molecule is CCCCN(C)CCCNC1CN[C@H](c2cnc(CN)s2)C1. The fourth-order valence-electron chi connectivity index (χ4n) is 2.88. The average Bonchev–Trinajstić information content (AvgIpc) is 3.18. The third-order valence-electron chi connectivity index (χ3n) is 4.26. The van der Waals surface area contributed by atoms with Crippen molar-refractivity contribution in [2.75, 3.05) is 33.2 Å². The van der Waals surface area contributed by atoms with Gasteiger partial charge in [0, 0.05) is 36.2 Å². The van der Waals surface area contributed by atoms with Gasteiger partial charge in [0.05, 0.1) is 0 Å². The van der Waals surface area contributed by atoms with E-state index >= 15 is 0 Å². The zero-order valence-electron chi connectivity index (χ0n) is 14.0. The van der Waals surface area contributed by atoms with Crippen LogP contribution in [0.3, 0.4) is 0 Å². The second kappa shape index (κ2) is 9.57. The first-order valence-corrected chi connectivity index (χ1v) is 9.34. The van der Waals surface area contributed by atoms with Crippen molar-refractivity contribution in [3.05, 3.63) is 16.1 Å². The largest absolute Gasteiger partial charge is 0.325 e. The van der Waals surface area contributed by atoms with E-state index in [1.54, 1.807) is 11.3 Å². The molecule has 6 heteroatoms. The van der Waals surface area contributed by atoms with Crippen LogP contribution in [-0.2, 0) is 6.54 Å². The molecule has 1 fully saturated rings. The molecule has 1 aliphatic rings. The number of hydrogen-bond acceptors (Lipinski definition) is 6. The molecule has 5 nitrogen and oxygen atoms in total. The minimum absolute atomic E-state index is 0.447. The monoisotopic (exact) mass is 325 g/mol. The highest BCUT2D eigenvalue weighted by atomic mass is 32.1. The molecule has 2 rings (SSSR count). The van der Waals surface area contributed by atoms with Gasteiger partial charge in [-0.1, -0.05) is 13.3 Å². The van der Waals surface area contributed by atoms with Crippen LogP contribution in [0.2, 0.25) is 0 Å². The fourth-order valence-corrected chi connectivity index (χ4v) is 3.77. The van der Waals surface area contributed by atoms with Crippen molar-refractivity contribution >= 4 is 11.3 Å². The number of unbranched alkanes of at least 4 members (excludes halogenated alkanes) is 1. The Morgan fingerprint density at radius 2 is 2.27 bits per heavy atom. The predicted octanol–water partition coefficient (Wildman–Crippen LogP) is 1.72. The van der Waals surface area contributed by atoms with Gasteiger partial charge in [-0.2, -0.15) is 0 Å². The van der Waals surface area contributed by atoms with Gasteiger partial charge in [0.1, 0.15) is 5.01 Å². The zero-order valence-corrected chi connectivity index (χ0v) is 14.8. The maximum atomic E-state index is 5.64. The van der Waals surface area contributed by atoms with Crippen molar-refractivity contribution < 1.29 is 0 Å². The number of nitrogens with one attached hydrogen (secondary N) is 2. The number of aromatic nitrogens is 1. The van der Waals surface area contributed by atoms with Gasteiger partial charge in [0.25, 0.3) is 0 Å². The van der Waals surface area contributed by atoms with Crippen molar-refractivity contribution in [1.82, 2.24) is 20.5 Å². The summed E-state index contributed by atoms with van der Waals surface area (Å²) >= 11 is 1.74. The van der Waals surface area contributed by atoms with E-state index < -0.39 is 0 Å². The number of nitrogens with zero attached hydrogens (tertiary/aromatic N) is 2. The van der Waals surface area contributed by atoms with Gasteiger partial charge in [0.2, 0.25) is 0 Å². The minimum atomic E-state index is 0.447. The third kappa shape index (κ3) is 5.59. The molecule has 0 bridgehead atoms. The molecule has 2 atom stereocenters. The van der Waals surface area contributed by atoms with E-state index in [-0.39, 0.29) is 0 Å². The van der Waals surface area contributed by atoms with Gasteiger partial charge in [-0.05, 0) is 45.9 Å². The van der Waals surface area contributed by atoms with E-state index in [1.807, 2.05) is 6.20 Å². The molecule has 1 saturated heterocycles. The lowest BCUT2D eigenvalue weighted by molar-refractivity contribution is 0.318. The van der Waals surface area contributed by atoms with Crippen molar-refractivity contribution in [1.29, 1.82) is 0 Å². The highest BCUT2D eigenvalue weighted by Crippen LogP contribution is 2.27. The van der Waals surface area contributed by atoms with Crippen LogP contribution in [0.4, 0.5) is 0 Å². The Morgan fingerprint density at radius 1 is 1.45 bits per heavy atom. The fraction of sp³-hybridized carbons (Fsp3) is 0.812. The first-order valence-electron chi connectivity index (χ1n) is 8.53. The molecule has 1 aromatic heterocycles. The maximum Gasteiger partial charge on any atom is 0.106 e. The van der Waals surface area contributed by atoms with Gasteiger partial charge in [-0.3, -0.25) is 0 Å². The summed E-state index contributed by atoms with van der Waals surface area (Å²) in [6.45, 7) is 7.35. The van der Waals surface area contributed by atoms with Crippen LogP contribution in [0.15, 0.2) is 6.20 Å². The Morgan fingerprint density at radius 3 is 3.00 bits per heavy atom. The number of thiazole rings is 1. The Balaban J connectivity index is 1.60. The highest BCUT2D eigenvalue weighted by Gasteiger charge is 2.26. The van der Waals surface area contributed by atoms with E-state index in [1.165, 1.54) is 37.2 Å². The average molecular weight is 326 g/mol. The van der Waals surface area contributed by atoms with E-state index in [0.717, 1.165) is 24.5 Å². The van der Waals surface area contributed by atoms with Crippen LogP contribution >= 0.6 is 11.3 Å². The van der Waals surface area contributed by atoms with E-state index in [0.29, 0.717) is 18.6 Å². The molecule has 2 heterocycles. The smallest absolute Gasteiger partial charge is 0.106 e. The third-order valence-corrected chi connectivity index (χ3v) is 5.40. The summed E-state index contributed by atoms with van der Waals surface area (Å²) in [7, 11) is 2.22. The molecule has 126 valence electrons. The second-order valence-corrected chi connectivity index (χ2v) is 7.37. The summed E-state index contributed by atoms with van der Waals surface area (Å²) < 4.78 is 0. The number of rotatable bonds is 10. The Kier molecular flexibility index (Phi) is 7.75. The minimum Gasteiger partial charge on any atom is -0.325 e. The first kappa shape index (κ1) is 17.8.